The van der Waals surface area contributed by atoms with E-state index in [1.807, 2.05) is 44.2 Å². The Morgan fingerprint density at radius 1 is 0.980 bits per heavy atom. The third kappa shape index (κ3) is 7.31. The lowest BCUT2D eigenvalue weighted by atomic mass is 10.0. The van der Waals surface area contributed by atoms with Crippen molar-refractivity contribution >= 4 is 40.7 Å². The van der Waals surface area contributed by atoms with E-state index in [0.29, 0.717) is 41.0 Å². The Balaban J connectivity index is 1.41. The molecule has 4 amide bonds. The van der Waals surface area contributed by atoms with Crippen molar-refractivity contribution in [3.05, 3.63) is 104 Å². The lowest BCUT2D eigenvalue weighted by Gasteiger charge is -2.29. The van der Waals surface area contributed by atoms with E-state index in [-0.39, 0.29) is 47.8 Å². The van der Waals surface area contributed by atoms with Crippen molar-refractivity contribution in [1.29, 1.82) is 0 Å². The molecular formula is C36H38N6O6S. The van der Waals surface area contributed by atoms with E-state index in [1.165, 1.54) is 16.2 Å². The highest BCUT2D eigenvalue weighted by molar-refractivity contribution is 7.09. The largest absolute Gasteiger partial charge is 0.443 e. The van der Waals surface area contributed by atoms with Crippen molar-refractivity contribution in [1.82, 2.24) is 30.8 Å². The second kappa shape index (κ2) is 14.1. The fraction of sp³-hybridized carbons (Fsp3) is 0.361. The lowest BCUT2D eigenvalue weighted by Crippen LogP contribution is -2.50. The van der Waals surface area contributed by atoms with E-state index >= 15 is 0 Å². The lowest BCUT2D eigenvalue weighted by molar-refractivity contribution is -0.123. The standard InChI is InChI=1S/C36H38N6O6S/c1-19(2)30-34-41-31(21(4)48-34)33(46)37-20(3)35-39-27(18-49-35)32(45)38-23(15-22-9-6-5-7-10-22)16-42(17-29(44)40-30)36(47)26-12-8-11-25-24(26)13-14-28(25)43/h5-12,18-20,23,30H,13-17H2,1-4H3,(H,37,46)(H,38,45)(H,40,44)/t20-,23-,30+/m1/s1. The maximum atomic E-state index is 14.4. The van der Waals surface area contributed by atoms with Gasteiger partial charge in [-0.2, -0.15) is 0 Å². The molecule has 13 heteroatoms. The number of ketones is 1. The molecular weight excluding hydrogens is 644 g/mol. The van der Waals surface area contributed by atoms with Crippen LogP contribution in [-0.2, 0) is 17.6 Å². The van der Waals surface area contributed by atoms with Gasteiger partial charge in [-0.25, -0.2) is 9.97 Å². The molecule has 2 aliphatic rings. The van der Waals surface area contributed by atoms with E-state index < -0.39 is 41.8 Å². The maximum absolute atomic E-state index is 14.4. The quantitative estimate of drug-likeness (QED) is 0.286. The van der Waals surface area contributed by atoms with Crippen molar-refractivity contribution in [2.24, 2.45) is 5.92 Å². The molecule has 2 aromatic heterocycles. The van der Waals surface area contributed by atoms with E-state index in [4.69, 9.17) is 4.42 Å². The van der Waals surface area contributed by atoms with Gasteiger partial charge in [-0.05, 0) is 49.8 Å². The molecule has 1 aliphatic heterocycles. The molecule has 0 spiro atoms. The monoisotopic (exact) mass is 682 g/mol. The number of benzene rings is 2. The number of nitrogens with zero attached hydrogens (tertiary/aromatic N) is 3. The van der Waals surface area contributed by atoms with Gasteiger partial charge in [0.15, 0.2) is 11.5 Å². The summed E-state index contributed by atoms with van der Waals surface area (Å²) < 4.78 is 5.92. The molecule has 0 radical (unpaired) electrons. The third-order valence-corrected chi connectivity index (χ3v) is 9.81. The number of thiazole rings is 1. The van der Waals surface area contributed by atoms with Gasteiger partial charge < -0.3 is 25.3 Å². The first-order valence-electron chi connectivity index (χ1n) is 16.3. The van der Waals surface area contributed by atoms with Crippen LogP contribution in [0.25, 0.3) is 0 Å². The molecule has 0 saturated carbocycles. The summed E-state index contributed by atoms with van der Waals surface area (Å²) in [6, 6.07) is 12.7. The average Bonchev–Trinajstić information content (AvgIpc) is 3.82. The van der Waals surface area contributed by atoms with Crippen LogP contribution in [0, 0.1) is 12.8 Å². The van der Waals surface area contributed by atoms with Gasteiger partial charge >= 0.3 is 0 Å². The normalized spacial score (nSPS) is 20.3. The van der Waals surface area contributed by atoms with Gasteiger partial charge in [0, 0.05) is 29.5 Å². The summed E-state index contributed by atoms with van der Waals surface area (Å²) in [7, 11) is 0. The first-order chi connectivity index (χ1) is 23.5. The van der Waals surface area contributed by atoms with Crippen molar-refractivity contribution in [2.75, 3.05) is 13.1 Å². The Morgan fingerprint density at radius 3 is 2.51 bits per heavy atom. The van der Waals surface area contributed by atoms with Gasteiger partial charge in [-0.15, -0.1) is 11.3 Å². The van der Waals surface area contributed by atoms with Crippen LogP contribution in [-0.4, -0.2) is 63.4 Å². The van der Waals surface area contributed by atoms with Crippen LogP contribution in [0.5, 0.6) is 0 Å². The van der Waals surface area contributed by atoms with Crippen LogP contribution >= 0.6 is 11.3 Å². The van der Waals surface area contributed by atoms with E-state index in [0.717, 1.165) is 5.56 Å². The number of aromatic nitrogens is 2. The molecule has 0 saturated heterocycles. The number of carbonyl (C=O) groups is 5. The molecule has 254 valence electrons. The molecule has 0 fully saturated rings. The molecule has 3 atom stereocenters. The second-order valence-corrected chi connectivity index (χ2v) is 13.7. The van der Waals surface area contributed by atoms with Crippen LogP contribution in [0.3, 0.4) is 0 Å². The minimum absolute atomic E-state index is 0.0113. The Kier molecular flexibility index (Phi) is 9.72. The number of Topliss-reactive ketones (excluding diaryl/α,β-unsaturated/α-hetero) is 1. The van der Waals surface area contributed by atoms with Crippen LogP contribution in [0.1, 0.15) is 109 Å². The minimum Gasteiger partial charge on any atom is -0.443 e. The highest BCUT2D eigenvalue weighted by Gasteiger charge is 2.33. The Morgan fingerprint density at radius 2 is 1.76 bits per heavy atom. The number of hydrogen-bond acceptors (Lipinski definition) is 9. The van der Waals surface area contributed by atoms with Crippen molar-refractivity contribution in [3.63, 3.8) is 0 Å². The number of hydrogen-bond donors (Lipinski definition) is 3. The number of oxazole rings is 1. The van der Waals surface area contributed by atoms with Gasteiger partial charge in [-0.3, -0.25) is 24.0 Å². The summed E-state index contributed by atoms with van der Waals surface area (Å²) in [5, 5.41) is 11.0. The van der Waals surface area contributed by atoms with Gasteiger partial charge in [0.05, 0.1) is 18.6 Å². The number of carbonyl (C=O) groups excluding carboxylic acids is 5. The van der Waals surface area contributed by atoms with Crippen LogP contribution in [0.15, 0.2) is 58.3 Å². The zero-order valence-corrected chi connectivity index (χ0v) is 28.6. The van der Waals surface area contributed by atoms with Crippen molar-refractivity contribution in [2.45, 2.75) is 65.1 Å². The summed E-state index contributed by atoms with van der Waals surface area (Å²) in [4.78, 5) is 78.1. The van der Waals surface area contributed by atoms with Crippen LogP contribution in [0.4, 0.5) is 0 Å². The van der Waals surface area contributed by atoms with E-state index in [9.17, 15) is 24.0 Å². The predicted molar refractivity (Wildman–Crippen MR) is 181 cm³/mol. The summed E-state index contributed by atoms with van der Waals surface area (Å²) in [5.41, 5.74) is 2.67. The Bertz CT molecular complexity index is 1920. The van der Waals surface area contributed by atoms with E-state index in [1.54, 1.807) is 37.4 Å². The number of aryl methyl sites for hydroxylation is 1. The van der Waals surface area contributed by atoms with Gasteiger partial charge in [0.2, 0.25) is 11.8 Å². The molecule has 4 bridgehead atoms. The minimum atomic E-state index is -0.707. The maximum Gasteiger partial charge on any atom is 0.274 e. The number of nitrogens with one attached hydrogen (secondary N) is 3. The van der Waals surface area contributed by atoms with Gasteiger partial charge in [0.25, 0.3) is 17.7 Å². The molecule has 4 aromatic rings. The number of amides is 4. The van der Waals surface area contributed by atoms with E-state index in [2.05, 4.69) is 25.9 Å². The Hall–Kier alpha value is -5.17. The second-order valence-electron chi connectivity index (χ2n) is 12.8. The molecule has 12 nitrogen and oxygen atoms in total. The fourth-order valence-corrected chi connectivity index (χ4v) is 7.06. The zero-order valence-electron chi connectivity index (χ0n) is 27.7. The first kappa shape index (κ1) is 33.7. The molecule has 6 rings (SSSR count). The Labute approximate surface area is 287 Å². The third-order valence-electron chi connectivity index (χ3n) is 8.78. The van der Waals surface area contributed by atoms with Gasteiger partial charge in [0.1, 0.15) is 22.5 Å². The van der Waals surface area contributed by atoms with Crippen LogP contribution < -0.4 is 16.0 Å². The highest BCUT2D eigenvalue weighted by atomic mass is 32.1. The number of fused-ring (bicyclic) bond motifs is 5. The smallest absolute Gasteiger partial charge is 0.274 e. The first-order valence-corrected chi connectivity index (χ1v) is 17.2. The van der Waals surface area contributed by atoms with Crippen molar-refractivity contribution < 1.29 is 28.4 Å². The molecule has 3 N–H and O–H groups in total. The summed E-state index contributed by atoms with van der Waals surface area (Å²) in [6.45, 7) is 6.79. The predicted octanol–water partition coefficient (Wildman–Crippen LogP) is 4.37. The number of rotatable bonds is 4. The topological polar surface area (TPSA) is 164 Å². The molecule has 3 heterocycles. The summed E-state index contributed by atoms with van der Waals surface area (Å²) >= 11 is 1.24. The van der Waals surface area contributed by atoms with Crippen LogP contribution in [0.2, 0.25) is 0 Å². The highest BCUT2D eigenvalue weighted by Crippen LogP contribution is 2.28. The summed E-state index contributed by atoms with van der Waals surface area (Å²) in [6.07, 6.45) is 1.10. The van der Waals surface area contributed by atoms with Crippen molar-refractivity contribution in [3.8, 4) is 0 Å². The SMILES string of the molecule is Cc1oc2nc1C(=O)N[C@H](C)c1nc(cs1)C(=O)N[C@H](Cc1ccccc1)CN(C(=O)c1cccc3c1CCC3=O)CC(=O)N[C@H]2C(C)C. The van der Waals surface area contributed by atoms with Gasteiger partial charge in [-0.1, -0.05) is 56.3 Å². The molecule has 0 unspecified atom stereocenters. The molecule has 1 aliphatic carbocycles. The molecule has 2 aromatic carbocycles. The fourth-order valence-electron chi connectivity index (χ4n) is 6.25. The summed E-state index contributed by atoms with van der Waals surface area (Å²) in [5.74, 6) is -1.61. The zero-order chi connectivity index (χ0) is 34.8. The average molecular weight is 683 g/mol. The molecule has 49 heavy (non-hydrogen) atoms.